The highest BCUT2D eigenvalue weighted by Crippen LogP contribution is 2.18. The predicted molar refractivity (Wildman–Crippen MR) is 81.7 cm³/mol. The van der Waals surface area contributed by atoms with Gasteiger partial charge in [0, 0.05) is 17.1 Å². The number of hydrogen-bond acceptors (Lipinski definition) is 4. The number of hydrogen-bond donors (Lipinski definition) is 1. The lowest BCUT2D eigenvalue weighted by Crippen LogP contribution is -2.10. The Bertz CT molecular complexity index is 570. The van der Waals surface area contributed by atoms with Gasteiger partial charge in [0.25, 0.3) is 0 Å². The minimum Gasteiger partial charge on any atom is -0.320 e. The number of nitrogens with one attached hydrogen (secondary N) is 1. The quantitative estimate of drug-likeness (QED) is 0.849. The van der Waals surface area contributed by atoms with Crippen molar-refractivity contribution in [2.45, 2.75) is 33.6 Å². The summed E-state index contributed by atoms with van der Waals surface area (Å²) in [5.41, 5.74) is 5.22. The van der Waals surface area contributed by atoms with Crippen molar-refractivity contribution in [1.29, 1.82) is 0 Å². The maximum atomic E-state index is 4.63. The monoisotopic (exact) mass is 270 g/mol. The topological polar surface area (TPSA) is 50.7 Å². The summed E-state index contributed by atoms with van der Waals surface area (Å²) in [5, 5.41) is 3.17. The van der Waals surface area contributed by atoms with Crippen LogP contribution in [0.4, 0.5) is 0 Å². The van der Waals surface area contributed by atoms with Crippen molar-refractivity contribution in [2.75, 3.05) is 13.6 Å². The van der Waals surface area contributed by atoms with Gasteiger partial charge in [-0.05, 0) is 64.9 Å². The minimum atomic E-state index is 0.723. The molecule has 20 heavy (non-hydrogen) atoms. The van der Waals surface area contributed by atoms with Gasteiger partial charge in [0.05, 0.1) is 0 Å². The second-order valence-corrected chi connectivity index (χ2v) is 5.07. The van der Waals surface area contributed by atoms with E-state index >= 15 is 0 Å². The van der Waals surface area contributed by atoms with E-state index in [9.17, 15) is 0 Å². The second-order valence-electron chi connectivity index (χ2n) is 5.07. The van der Waals surface area contributed by atoms with Gasteiger partial charge in [-0.15, -0.1) is 0 Å². The molecule has 4 nitrogen and oxygen atoms in total. The average molecular weight is 270 g/mol. The van der Waals surface area contributed by atoms with Gasteiger partial charge >= 0.3 is 0 Å². The van der Waals surface area contributed by atoms with Crippen LogP contribution in [0.25, 0.3) is 11.5 Å². The maximum absolute atomic E-state index is 4.63. The smallest absolute Gasteiger partial charge is 0.178 e. The molecular formula is C16H22N4. The predicted octanol–water partition coefficient (Wildman–Crippen LogP) is 2.62. The summed E-state index contributed by atoms with van der Waals surface area (Å²) in [5.74, 6) is 0.723. The molecule has 0 fully saturated rings. The molecule has 1 N–H and O–H groups in total. The van der Waals surface area contributed by atoms with E-state index < -0.39 is 0 Å². The first-order valence-corrected chi connectivity index (χ1v) is 7.04. The highest BCUT2D eigenvalue weighted by Gasteiger charge is 2.10. The SMILES string of the molecule is CNCCCc1c(C)nc(-c2cccc(C)n2)nc1C. The molecule has 2 aromatic rings. The lowest BCUT2D eigenvalue weighted by Gasteiger charge is -2.10. The van der Waals surface area contributed by atoms with E-state index in [4.69, 9.17) is 0 Å². The van der Waals surface area contributed by atoms with Crippen LogP contribution in [-0.2, 0) is 6.42 Å². The molecule has 0 spiro atoms. The molecule has 0 saturated carbocycles. The normalized spacial score (nSPS) is 10.8. The van der Waals surface area contributed by atoms with Crippen LogP contribution in [0, 0.1) is 20.8 Å². The average Bonchev–Trinajstić information content (AvgIpc) is 2.41. The molecule has 2 heterocycles. The number of aromatic nitrogens is 3. The van der Waals surface area contributed by atoms with E-state index in [2.05, 4.69) is 34.1 Å². The summed E-state index contributed by atoms with van der Waals surface area (Å²) in [6.07, 6.45) is 2.11. The molecule has 0 aromatic carbocycles. The molecule has 2 aromatic heterocycles. The van der Waals surface area contributed by atoms with Crippen molar-refractivity contribution < 1.29 is 0 Å². The number of rotatable bonds is 5. The van der Waals surface area contributed by atoms with Crippen LogP contribution in [-0.4, -0.2) is 28.5 Å². The van der Waals surface area contributed by atoms with Gasteiger partial charge in [-0.25, -0.2) is 15.0 Å². The lowest BCUT2D eigenvalue weighted by atomic mass is 10.1. The lowest BCUT2D eigenvalue weighted by molar-refractivity contribution is 0.715. The molecule has 4 heteroatoms. The Kier molecular flexibility index (Phi) is 4.79. The van der Waals surface area contributed by atoms with Crippen molar-refractivity contribution in [3.63, 3.8) is 0 Å². The van der Waals surface area contributed by atoms with Gasteiger partial charge in [0.15, 0.2) is 5.82 Å². The fourth-order valence-corrected chi connectivity index (χ4v) is 2.33. The second kappa shape index (κ2) is 6.57. The molecular weight excluding hydrogens is 248 g/mol. The van der Waals surface area contributed by atoms with Crippen molar-refractivity contribution >= 4 is 0 Å². The first-order valence-electron chi connectivity index (χ1n) is 7.04. The summed E-state index contributed by atoms with van der Waals surface area (Å²) < 4.78 is 0. The van der Waals surface area contributed by atoms with Crippen LogP contribution >= 0.6 is 0 Å². The van der Waals surface area contributed by atoms with Crippen LogP contribution in [0.1, 0.15) is 29.1 Å². The summed E-state index contributed by atoms with van der Waals surface area (Å²) in [6, 6.07) is 5.93. The number of pyridine rings is 1. The molecule has 0 atom stereocenters. The Morgan fingerprint density at radius 2 is 1.70 bits per heavy atom. The van der Waals surface area contributed by atoms with E-state index in [1.807, 2.05) is 32.2 Å². The Balaban J connectivity index is 2.30. The molecule has 0 aliphatic heterocycles. The van der Waals surface area contributed by atoms with Crippen LogP contribution in [0.15, 0.2) is 18.2 Å². The van der Waals surface area contributed by atoms with Crippen LogP contribution in [0.2, 0.25) is 0 Å². The van der Waals surface area contributed by atoms with Crippen molar-refractivity contribution in [1.82, 2.24) is 20.3 Å². The number of nitrogens with zero attached hydrogens (tertiary/aromatic N) is 3. The minimum absolute atomic E-state index is 0.723. The van der Waals surface area contributed by atoms with Crippen LogP contribution in [0.5, 0.6) is 0 Å². The van der Waals surface area contributed by atoms with E-state index in [-0.39, 0.29) is 0 Å². The fourth-order valence-electron chi connectivity index (χ4n) is 2.33. The molecule has 0 bridgehead atoms. The molecule has 0 aliphatic rings. The molecule has 0 unspecified atom stereocenters. The van der Waals surface area contributed by atoms with Gasteiger partial charge in [-0.2, -0.15) is 0 Å². The Hall–Kier alpha value is -1.81. The van der Waals surface area contributed by atoms with Crippen molar-refractivity contribution in [2.24, 2.45) is 0 Å². The molecule has 0 amide bonds. The van der Waals surface area contributed by atoms with Gasteiger partial charge < -0.3 is 5.32 Å². The number of aryl methyl sites for hydroxylation is 3. The Labute approximate surface area is 120 Å². The Morgan fingerprint density at radius 1 is 1.00 bits per heavy atom. The summed E-state index contributed by atoms with van der Waals surface area (Å²) in [7, 11) is 1.97. The van der Waals surface area contributed by atoms with Crippen LogP contribution < -0.4 is 5.32 Å². The summed E-state index contributed by atoms with van der Waals surface area (Å²) in [6.45, 7) is 7.11. The highest BCUT2D eigenvalue weighted by molar-refractivity contribution is 5.50. The van der Waals surface area contributed by atoms with Gasteiger partial charge in [-0.1, -0.05) is 6.07 Å². The molecule has 0 saturated heterocycles. The zero-order chi connectivity index (χ0) is 14.5. The highest BCUT2D eigenvalue weighted by atomic mass is 14.9. The standard InChI is InChI=1S/C16H22N4/c1-11-7-5-9-15(18-11)16-19-12(2)14(13(3)20-16)8-6-10-17-4/h5,7,9,17H,6,8,10H2,1-4H3. The van der Waals surface area contributed by atoms with Gasteiger partial charge in [-0.3, -0.25) is 0 Å². The molecule has 0 aliphatic carbocycles. The first-order chi connectivity index (χ1) is 9.61. The van der Waals surface area contributed by atoms with Crippen molar-refractivity contribution in [3.05, 3.63) is 40.8 Å². The van der Waals surface area contributed by atoms with Crippen molar-refractivity contribution in [3.8, 4) is 11.5 Å². The molecule has 2 rings (SSSR count). The third-order valence-electron chi connectivity index (χ3n) is 3.39. The Morgan fingerprint density at radius 3 is 2.30 bits per heavy atom. The van der Waals surface area contributed by atoms with E-state index in [1.165, 1.54) is 5.56 Å². The zero-order valence-corrected chi connectivity index (χ0v) is 12.7. The summed E-state index contributed by atoms with van der Waals surface area (Å²) in [4.78, 5) is 13.8. The van der Waals surface area contributed by atoms with Gasteiger partial charge in [0.1, 0.15) is 5.69 Å². The third-order valence-corrected chi connectivity index (χ3v) is 3.39. The fraction of sp³-hybridized carbons (Fsp3) is 0.438. The third kappa shape index (κ3) is 3.39. The maximum Gasteiger partial charge on any atom is 0.178 e. The zero-order valence-electron chi connectivity index (χ0n) is 12.7. The molecule has 0 radical (unpaired) electrons. The van der Waals surface area contributed by atoms with Crippen LogP contribution in [0.3, 0.4) is 0 Å². The summed E-state index contributed by atoms with van der Waals surface area (Å²) >= 11 is 0. The van der Waals surface area contributed by atoms with E-state index in [0.717, 1.165) is 48.0 Å². The molecule has 106 valence electrons. The van der Waals surface area contributed by atoms with E-state index in [0.29, 0.717) is 0 Å². The van der Waals surface area contributed by atoms with Gasteiger partial charge in [0.2, 0.25) is 0 Å². The van der Waals surface area contributed by atoms with E-state index in [1.54, 1.807) is 0 Å². The largest absolute Gasteiger partial charge is 0.320 e. The first kappa shape index (κ1) is 14.6.